The van der Waals surface area contributed by atoms with E-state index in [1.807, 2.05) is 13.0 Å². The van der Waals surface area contributed by atoms with Crippen molar-refractivity contribution < 1.29 is 14.6 Å². The highest BCUT2D eigenvalue weighted by Crippen LogP contribution is 2.24. The van der Waals surface area contributed by atoms with Crippen LogP contribution in [0, 0.1) is 23.7 Å². The Labute approximate surface area is 100 Å². The molecule has 4 nitrogen and oxygen atoms in total. The van der Waals surface area contributed by atoms with Gasteiger partial charge in [0, 0.05) is 0 Å². The second-order valence-electron chi connectivity index (χ2n) is 4.54. The summed E-state index contributed by atoms with van der Waals surface area (Å²) in [7, 11) is 0. The number of ether oxygens (including phenoxy) is 1. The van der Waals surface area contributed by atoms with E-state index in [1.54, 1.807) is 26.0 Å². The third kappa shape index (κ3) is 2.97. The fourth-order valence-corrected chi connectivity index (χ4v) is 1.22. The second-order valence-corrected chi connectivity index (χ2v) is 4.54. The molecular formula is C13H15NO3. The molecule has 0 radical (unpaired) electrons. The van der Waals surface area contributed by atoms with E-state index in [0.717, 1.165) is 5.56 Å². The van der Waals surface area contributed by atoms with Gasteiger partial charge in [-0.25, -0.2) is 0 Å². The Hall–Kier alpha value is -2.02. The van der Waals surface area contributed by atoms with Crippen LogP contribution in [-0.2, 0) is 4.79 Å². The van der Waals surface area contributed by atoms with Gasteiger partial charge in [0.05, 0.1) is 11.0 Å². The predicted octanol–water partition coefficient (Wildman–Crippen LogP) is 2.36. The molecule has 17 heavy (non-hydrogen) atoms. The minimum Gasteiger partial charge on any atom is -0.491 e. The molecule has 0 aliphatic heterocycles. The Bertz CT molecular complexity index is 472. The van der Waals surface area contributed by atoms with E-state index in [0.29, 0.717) is 11.3 Å². The third-order valence-electron chi connectivity index (χ3n) is 2.51. The maximum atomic E-state index is 10.9. The largest absolute Gasteiger partial charge is 0.491 e. The number of carboxylic acid groups (broad SMARTS) is 1. The van der Waals surface area contributed by atoms with Crippen molar-refractivity contribution in [3.63, 3.8) is 0 Å². The lowest BCUT2D eigenvalue weighted by Gasteiger charge is -2.20. The average molecular weight is 233 g/mol. The van der Waals surface area contributed by atoms with Crippen LogP contribution in [0.4, 0.5) is 0 Å². The van der Waals surface area contributed by atoms with Crippen LogP contribution in [0.3, 0.4) is 0 Å². The molecule has 1 N–H and O–H groups in total. The van der Waals surface area contributed by atoms with Gasteiger partial charge in [-0.3, -0.25) is 4.79 Å². The lowest BCUT2D eigenvalue weighted by Crippen LogP contribution is -2.30. The molecular weight excluding hydrogens is 218 g/mol. The van der Waals surface area contributed by atoms with Crippen molar-refractivity contribution in [1.82, 2.24) is 0 Å². The van der Waals surface area contributed by atoms with Crippen LogP contribution in [0.5, 0.6) is 5.75 Å². The summed E-state index contributed by atoms with van der Waals surface area (Å²) in [6, 6.07) is 7.32. The standard InChI is InChI=1S/C13H15NO3/c1-9-5-4-6-11(10(9)7-14)17-8-13(2,3)12(15)16/h4-6H,8H2,1-3H3,(H,15,16). The molecule has 0 saturated carbocycles. The molecule has 1 rings (SSSR count). The molecule has 0 fully saturated rings. The highest BCUT2D eigenvalue weighted by Gasteiger charge is 2.28. The number of carboxylic acids is 1. The maximum Gasteiger partial charge on any atom is 0.312 e. The molecule has 0 atom stereocenters. The lowest BCUT2D eigenvalue weighted by molar-refractivity contribution is -0.148. The molecule has 0 aromatic heterocycles. The van der Waals surface area contributed by atoms with Gasteiger partial charge in [-0.15, -0.1) is 0 Å². The molecule has 0 amide bonds. The Morgan fingerprint density at radius 2 is 2.18 bits per heavy atom. The van der Waals surface area contributed by atoms with E-state index >= 15 is 0 Å². The zero-order valence-electron chi connectivity index (χ0n) is 10.2. The quantitative estimate of drug-likeness (QED) is 0.866. The highest BCUT2D eigenvalue weighted by molar-refractivity contribution is 5.73. The van der Waals surface area contributed by atoms with Gasteiger partial charge in [-0.2, -0.15) is 5.26 Å². The molecule has 4 heteroatoms. The number of aliphatic carboxylic acids is 1. The number of rotatable bonds is 4. The maximum absolute atomic E-state index is 10.9. The van der Waals surface area contributed by atoms with Crippen molar-refractivity contribution in [2.45, 2.75) is 20.8 Å². The SMILES string of the molecule is Cc1cccc(OCC(C)(C)C(=O)O)c1C#N. The first-order valence-corrected chi connectivity index (χ1v) is 5.24. The smallest absolute Gasteiger partial charge is 0.312 e. The summed E-state index contributed by atoms with van der Waals surface area (Å²) in [5.41, 5.74) is 0.294. The summed E-state index contributed by atoms with van der Waals surface area (Å²) < 4.78 is 5.43. The molecule has 1 aromatic carbocycles. The van der Waals surface area contributed by atoms with Crippen LogP contribution < -0.4 is 4.74 Å². The first kappa shape index (κ1) is 13.0. The van der Waals surface area contributed by atoms with Crippen molar-refractivity contribution in [1.29, 1.82) is 5.26 Å². The summed E-state index contributed by atoms with van der Waals surface area (Å²) in [5.74, 6) is -0.495. The Morgan fingerprint density at radius 3 is 2.71 bits per heavy atom. The van der Waals surface area contributed by atoms with Crippen LogP contribution >= 0.6 is 0 Å². The van der Waals surface area contributed by atoms with E-state index in [2.05, 4.69) is 6.07 Å². The molecule has 0 spiro atoms. The summed E-state index contributed by atoms with van der Waals surface area (Å²) in [4.78, 5) is 10.9. The Morgan fingerprint density at radius 1 is 1.53 bits per heavy atom. The lowest BCUT2D eigenvalue weighted by atomic mass is 9.95. The summed E-state index contributed by atoms with van der Waals surface area (Å²) in [6.07, 6.45) is 0. The second kappa shape index (κ2) is 4.88. The van der Waals surface area contributed by atoms with E-state index in [4.69, 9.17) is 15.1 Å². The van der Waals surface area contributed by atoms with Crippen LogP contribution in [0.25, 0.3) is 0 Å². The van der Waals surface area contributed by atoms with Crippen LogP contribution in [0.15, 0.2) is 18.2 Å². The van der Waals surface area contributed by atoms with Gasteiger partial charge in [0.15, 0.2) is 0 Å². The fraction of sp³-hybridized carbons (Fsp3) is 0.385. The number of benzene rings is 1. The van der Waals surface area contributed by atoms with Crippen LogP contribution in [0.2, 0.25) is 0 Å². The first-order valence-electron chi connectivity index (χ1n) is 5.24. The van der Waals surface area contributed by atoms with Gasteiger partial charge >= 0.3 is 5.97 Å². The summed E-state index contributed by atoms with van der Waals surface area (Å²) in [5, 5.41) is 17.9. The molecule has 1 aromatic rings. The molecule has 0 aliphatic carbocycles. The summed E-state index contributed by atoms with van der Waals surface area (Å²) >= 11 is 0. The van der Waals surface area contributed by atoms with Crippen molar-refractivity contribution in [2.75, 3.05) is 6.61 Å². The van der Waals surface area contributed by atoms with Gasteiger partial charge in [0.2, 0.25) is 0 Å². The van der Waals surface area contributed by atoms with Gasteiger partial charge in [-0.1, -0.05) is 12.1 Å². The number of nitrogens with zero attached hydrogens (tertiary/aromatic N) is 1. The monoisotopic (exact) mass is 233 g/mol. The number of aryl methyl sites for hydroxylation is 1. The minimum absolute atomic E-state index is 0.0282. The van der Waals surface area contributed by atoms with E-state index < -0.39 is 11.4 Å². The van der Waals surface area contributed by atoms with E-state index in [9.17, 15) is 4.79 Å². The van der Waals surface area contributed by atoms with Gasteiger partial charge < -0.3 is 9.84 Å². The molecule has 0 aliphatic rings. The molecule has 0 saturated heterocycles. The third-order valence-corrected chi connectivity index (χ3v) is 2.51. The van der Waals surface area contributed by atoms with Crippen molar-refractivity contribution in [2.24, 2.45) is 5.41 Å². The van der Waals surface area contributed by atoms with Gasteiger partial charge in [0.25, 0.3) is 0 Å². The minimum atomic E-state index is -0.976. The zero-order valence-corrected chi connectivity index (χ0v) is 10.2. The zero-order chi connectivity index (χ0) is 13.1. The first-order chi connectivity index (χ1) is 7.88. The van der Waals surface area contributed by atoms with Gasteiger partial charge in [-0.05, 0) is 32.4 Å². The van der Waals surface area contributed by atoms with Crippen molar-refractivity contribution >= 4 is 5.97 Å². The van der Waals surface area contributed by atoms with Crippen molar-refractivity contribution in [3.05, 3.63) is 29.3 Å². The van der Waals surface area contributed by atoms with E-state index in [1.165, 1.54) is 0 Å². The number of nitriles is 1. The predicted molar refractivity (Wildman–Crippen MR) is 62.8 cm³/mol. The fourth-order valence-electron chi connectivity index (χ4n) is 1.22. The normalized spacial score (nSPS) is 10.7. The van der Waals surface area contributed by atoms with Crippen LogP contribution in [0.1, 0.15) is 25.0 Å². The van der Waals surface area contributed by atoms with Crippen molar-refractivity contribution in [3.8, 4) is 11.8 Å². The molecule has 90 valence electrons. The average Bonchev–Trinajstić information content (AvgIpc) is 2.26. The van der Waals surface area contributed by atoms with Crippen LogP contribution in [-0.4, -0.2) is 17.7 Å². The molecule has 0 bridgehead atoms. The topological polar surface area (TPSA) is 70.3 Å². The summed E-state index contributed by atoms with van der Waals surface area (Å²) in [6.45, 7) is 5.00. The Kier molecular flexibility index (Phi) is 3.74. The van der Waals surface area contributed by atoms with Gasteiger partial charge in [0.1, 0.15) is 18.4 Å². The van der Waals surface area contributed by atoms with E-state index in [-0.39, 0.29) is 6.61 Å². The molecule has 0 unspecified atom stereocenters. The Balaban J connectivity index is 2.88. The molecule has 0 heterocycles. The number of hydrogen-bond acceptors (Lipinski definition) is 3. The number of hydrogen-bond donors (Lipinski definition) is 1. The number of carbonyl (C=O) groups is 1. The highest BCUT2D eigenvalue weighted by atomic mass is 16.5.